The zero-order chi connectivity index (χ0) is 19.9. The average molecular weight is 395 g/mol. The number of amides is 1. The number of benzene rings is 3. The van der Waals surface area contributed by atoms with Gasteiger partial charge in [-0.15, -0.1) is 0 Å². The Morgan fingerprint density at radius 2 is 1.82 bits per heavy atom. The quantitative estimate of drug-likeness (QED) is 0.492. The molecule has 0 saturated heterocycles. The summed E-state index contributed by atoms with van der Waals surface area (Å²) in [6.45, 7) is 0. The minimum Gasteiger partial charge on any atom is -0.495 e. The van der Waals surface area contributed by atoms with Crippen molar-refractivity contribution in [3.8, 4) is 5.75 Å². The first-order valence-corrected chi connectivity index (χ1v) is 9.94. The molecule has 0 fully saturated rings. The van der Waals surface area contributed by atoms with E-state index in [2.05, 4.69) is 10.3 Å². The maximum atomic E-state index is 12.8. The number of methoxy groups -OCH3 is 1. The molecule has 1 amide bonds. The molecule has 8 heteroatoms. The number of fused-ring (bicyclic) bond motifs is 3. The van der Waals surface area contributed by atoms with Gasteiger partial charge in [0.1, 0.15) is 11.4 Å². The Morgan fingerprint density at radius 1 is 1.04 bits per heavy atom. The summed E-state index contributed by atoms with van der Waals surface area (Å²) < 4.78 is 28.4. The molecular formula is C20H17N3O4S. The molecule has 142 valence electrons. The van der Waals surface area contributed by atoms with Crippen molar-refractivity contribution >= 4 is 43.3 Å². The van der Waals surface area contributed by atoms with Crippen LogP contribution in [0.25, 0.3) is 21.7 Å². The Bertz CT molecular complexity index is 1330. The lowest BCUT2D eigenvalue weighted by Crippen LogP contribution is -2.15. The SMILES string of the molecule is COc1ccc(S(N)(=O)=O)cc1NC(=O)c1cc2c(ccc3ccccc32)[nH]1. The minimum absolute atomic E-state index is 0.119. The van der Waals surface area contributed by atoms with E-state index >= 15 is 0 Å². The number of carbonyl (C=O) groups is 1. The standard InChI is InChI=1S/C20H17N3O4S/c1-27-19-9-7-13(28(21,25)26)10-17(19)23-20(24)18-11-15-14-5-3-2-4-12(14)6-8-16(15)22-18/h2-11,22H,1H3,(H,23,24)(H2,21,25,26). The molecule has 0 aliphatic heterocycles. The van der Waals surface area contributed by atoms with Gasteiger partial charge in [0.2, 0.25) is 10.0 Å². The fraction of sp³-hybridized carbons (Fsp3) is 0.0500. The van der Waals surface area contributed by atoms with Gasteiger partial charge < -0.3 is 15.0 Å². The lowest BCUT2D eigenvalue weighted by atomic mass is 10.1. The number of nitrogens with two attached hydrogens (primary N) is 1. The molecule has 3 aromatic carbocycles. The third-order valence-electron chi connectivity index (χ3n) is 4.52. The van der Waals surface area contributed by atoms with Crippen LogP contribution in [0, 0.1) is 0 Å². The normalized spacial score (nSPS) is 11.6. The van der Waals surface area contributed by atoms with E-state index in [9.17, 15) is 13.2 Å². The number of nitrogens with one attached hydrogen (secondary N) is 2. The minimum atomic E-state index is -3.91. The van der Waals surface area contributed by atoms with Crippen molar-refractivity contribution in [2.45, 2.75) is 4.90 Å². The van der Waals surface area contributed by atoms with E-state index < -0.39 is 15.9 Å². The summed E-state index contributed by atoms with van der Waals surface area (Å²) in [5.41, 5.74) is 1.38. The summed E-state index contributed by atoms with van der Waals surface area (Å²) in [6.07, 6.45) is 0. The van der Waals surface area contributed by atoms with Crippen LogP contribution in [-0.4, -0.2) is 26.4 Å². The van der Waals surface area contributed by atoms with E-state index in [0.29, 0.717) is 11.4 Å². The van der Waals surface area contributed by atoms with Gasteiger partial charge in [0.15, 0.2) is 0 Å². The van der Waals surface area contributed by atoms with Gasteiger partial charge >= 0.3 is 0 Å². The third-order valence-corrected chi connectivity index (χ3v) is 5.43. The van der Waals surface area contributed by atoms with Crippen LogP contribution < -0.4 is 15.2 Å². The van der Waals surface area contributed by atoms with Crippen molar-refractivity contribution in [1.82, 2.24) is 4.98 Å². The summed E-state index contributed by atoms with van der Waals surface area (Å²) in [5, 5.41) is 10.9. The molecule has 0 saturated carbocycles. The summed E-state index contributed by atoms with van der Waals surface area (Å²) >= 11 is 0. The van der Waals surface area contributed by atoms with Crippen LogP contribution in [0.4, 0.5) is 5.69 Å². The molecule has 0 bridgehead atoms. The second-order valence-corrected chi connectivity index (χ2v) is 7.85. The highest BCUT2D eigenvalue weighted by Crippen LogP contribution is 2.29. The van der Waals surface area contributed by atoms with Crippen molar-refractivity contribution in [3.05, 3.63) is 66.4 Å². The van der Waals surface area contributed by atoms with Gasteiger partial charge in [0, 0.05) is 10.9 Å². The molecule has 28 heavy (non-hydrogen) atoms. The van der Waals surface area contributed by atoms with Crippen LogP contribution in [0.1, 0.15) is 10.5 Å². The van der Waals surface area contributed by atoms with E-state index in [1.807, 2.05) is 36.4 Å². The Balaban J connectivity index is 1.74. The Hall–Kier alpha value is -3.36. The molecule has 1 heterocycles. The Kier molecular flexibility index (Phi) is 4.29. The molecule has 4 rings (SSSR count). The second-order valence-electron chi connectivity index (χ2n) is 6.29. The van der Waals surface area contributed by atoms with E-state index in [1.165, 1.54) is 25.3 Å². The third kappa shape index (κ3) is 3.19. The molecule has 0 aliphatic carbocycles. The number of carbonyl (C=O) groups excluding carboxylic acids is 1. The molecule has 1 aromatic heterocycles. The highest BCUT2D eigenvalue weighted by molar-refractivity contribution is 7.89. The molecule has 0 unspecified atom stereocenters. The van der Waals surface area contributed by atoms with Crippen LogP contribution in [0.2, 0.25) is 0 Å². The lowest BCUT2D eigenvalue weighted by molar-refractivity contribution is 0.102. The van der Waals surface area contributed by atoms with E-state index in [1.54, 1.807) is 6.07 Å². The molecular weight excluding hydrogens is 378 g/mol. The zero-order valence-corrected chi connectivity index (χ0v) is 15.7. The van der Waals surface area contributed by atoms with Crippen LogP contribution in [0.5, 0.6) is 5.75 Å². The predicted molar refractivity (Wildman–Crippen MR) is 108 cm³/mol. The topological polar surface area (TPSA) is 114 Å². The highest BCUT2D eigenvalue weighted by Gasteiger charge is 2.16. The van der Waals surface area contributed by atoms with Crippen molar-refractivity contribution in [3.63, 3.8) is 0 Å². The molecule has 4 aromatic rings. The second kappa shape index (κ2) is 6.66. The number of hydrogen-bond acceptors (Lipinski definition) is 4. The van der Waals surface area contributed by atoms with Gasteiger partial charge in [-0.2, -0.15) is 0 Å². The number of rotatable bonds is 4. The Labute approximate surface area is 161 Å². The number of aromatic nitrogens is 1. The zero-order valence-electron chi connectivity index (χ0n) is 14.9. The van der Waals surface area contributed by atoms with Gasteiger partial charge in [-0.25, -0.2) is 13.6 Å². The number of aromatic amines is 1. The highest BCUT2D eigenvalue weighted by atomic mass is 32.2. The molecule has 0 aliphatic rings. The molecule has 0 spiro atoms. The first kappa shape index (κ1) is 18.0. The monoisotopic (exact) mass is 395 g/mol. The van der Waals surface area contributed by atoms with Gasteiger partial charge in [-0.1, -0.05) is 30.3 Å². The fourth-order valence-corrected chi connectivity index (χ4v) is 3.70. The number of ether oxygens (including phenoxy) is 1. The summed E-state index contributed by atoms with van der Waals surface area (Å²) in [5.74, 6) is -0.104. The largest absolute Gasteiger partial charge is 0.495 e. The van der Waals surface area contributed by atoms with Crippen LogP contribution in [-0.2, 0) is 10.0 Å². The predicted octanol–water partition coefficient (Wildman–Crippen LogP) is 3.23. The van der Waals surface area contributed by atoms with Gasteiger partial charge in [-0.05, 0) is 41.1 Å². The van der Waals surface area contributed by atoms with Crippen molar-refractivity contribution in [2.75, 3.05) is 12.4 Å². The molecule has 7 nitrogen and oxygen atoms in total. The van der Waals surface area contributed by atoms with E-state index in [0.717, 1.165) is 21.7 Å². The van der Waals surface area contributed by atoms with Crippen molar-refractivity contribution in [1.29, 1.82) is 0 Å². The van der Waals surface area contributed by atoms with E-state index in [-0.39, 0.29) is 10.6 Å². The maximum Gasteiger partial charge on any atom is 0.272 e. The first-order valence-electron chi connectivity index (χ1n) is 8.39. The lowest BCUT2D eigenvalue weighted by Gasteiger charge is -2.11. The number of H-pyrrole nitrogens is 1. The number of sulfonamides is 1. The summed E-state index contributed by atoms with van der Waals surface area (Å²) in [6, 6.07) is 17.6. The number of hydrogen-bond donors (Lipinski definition) is 3. The number of primary sulfonamides is 1. The summed E-state index contributed by atoms with van der Waals surface area (Å²) in [4.78, 5) is 15.7. The van der Waals surface area contributed by atoms with Gasteiger partial charge in [0.25, 0.3) is 5.91 Å². The molecule has 0 radical (unpaired) electrons. The first-order chi connectivity index (χ1) is 13.4. The van der Waals surface area contributed by atoms with E-state index in [4.69, 9.17) is 9.88 Å². The maximum absolute atomic E-state index is 12.8. The average Bonchev–Trinajstić information content (AvgIpc) is 3.12. The smallest absolute Gasteiger partial charge is 0.272 e. The van der Waals surface area contributed by atoms with Gasteiger partial charge in [-0.3, -0.25) is 4.79 Å². The van der Waals surface area contributed by atoms with Crippen LogP contribution in [0.3, 0.4) is 0 Å². The molecule has 4 N–H and O–H groups in total. The van der Waals surface area contributed by atoms with Crippen molar-refractivity contribution < 1.29 is 17.9 Å². The van der Waals surface area contributed by atoms with Crippen LogP contribution in [0.15, 0.2) is 65.6 Å². The Morgan fingerprint density at radius 3 is 2.57 bits per heavy atom. The summed E-state index contributed by atoms with van der Waals surface area (Å²) in [7, 11) is -2.48. The van der Waals surface area contributed by atoms with Crippen molar-refractivity contribution in [2.24, 2.45) is 5.14 Å². The fourth-order valence-electron chi connectivity index (χ4n) is 3.16. The van der Waals surface area contributed by atoms with Gasteiger partial charge in [0.05, 0.1) is 17.7 Å². The molecule has 0 atom stereocenters. The van der Waals surface area contributed by atoms with Crippen LogP contribution >= 0.6 is 0 Å². The number of anilines is 1.